The van der Waals surface area contributed by atoms with Crippen LogP contribution in [0.15, 0.2) is 23.2 Å². The van der Waals surface area contributed by atoms with Crippen molar-refractivity contribution in [1.29, 1.82) is 0 Å². The Labute approximate surface area is 156 Å². The lowest BCUT2D eigenvalue weighted by atomic mass is 10.0. The Morgan fingerprint density at radius 1 is 1.38 bits per heavy atom. The van der Waals surface area contributed by atoms with Crippen molar-refractivity contribution in [3.8, 4) is 5.88 Å². The topological polar surface area (TPSA) is 101 Å². The molecule has 0 aliphatic heterocycles. The first-order valence-corrected chi connectivity index (χ1v) is 10.6. The Morgan fingerprint density at radius 2 is 2.08 bits per heavy atom. The van der Waals surface area contributed by atoms with E-state index in [1.54, 1.807) is 6.92 Å². The van der Waals surface area contributed by atoms with Gasteiger partial charge in [0, 0.05) is 24.9 Å². The van der Waals surface area contributed by atoms with Crippen LogP contribution in [0.3, 0.4) is 0 Å². The number of hydrogen-bond acceptors (Lipinski definition) is 6. The molecule has 0 amide bonds. The fourth-order valence-electron chi connectivity index (χ4n) is 2.69. The average Bonchev–Trinajstić information content (AvgIpc) is 3.33. The number of aryl methyl sites for hydroxylation is 1. The lowest BCUT2D eigenvalue weighted by molar-refractivity contribution is 0.103. The van der Waals surface area contributed by atoms with Gasteiger partial charge in [0.15, 0.2) is 9.84 Å². The molecule has 0 atom stereocenters. The second kappa shape index (κ2) is 6.92. The number of sulfone groups is 1. The molecule has 1 heterocycles. The summed E-state index contributed by atoms with van der Waals surface area (Å²) in [5, 5.41) is 17.2. The van der Waals surface area contributed by atoms with Crippen LogP contribution in [-0.4, -0.2) is 41.9 Å². The number of nitrogens with one attached hydrogen (secondary N) is 1. The molecule has 1 aliphatic rings. The largest absolute Gasteiger partial charge is 0.493 e. The molecule has 0 unspecified atom stereocenters. The first kappa shape index (κ1) is 18.7. The maximum atomic E-state index is 12.8. The van der Waals surface area contributed by atoms with Crippen molar-refractivity contribution in [2.24, 2.45) is 5.92 Å². The molecule has 26 heavy (non-hydrogen) atoms. The van der Waals surface area contributed by atoms with Crippen molar-refractivity contribution >= 4 is 32.9 Å². The van der Waals surface area contributed by atoms with Gasteiger partial charge in [0.1, 0.15) is 5.56 Å². The molecule has 140 valence electrons. The van der Waals surface area contributed by atoms with Crippen LogP contribution in [0.25, 0.3) is 0 Å². The minimum absolute atomic E-state index is 0.0222. The van der Waals surface area contributed by atoms with Gasteiger partial charge in [0.05, 0.1) is 21.8 Å². The Hall–Kier alpha value is -2.06. The third-order valence-electron chi connectivity index (χ3n) is 4.37. The molecule has 2 N–H and O–H groups in total. The summed E-state index contributed by atoms with van der Waals surface area (Å²) in [5.41, 5.74) is 0.367. The minimum atomic E-state index is -3.52. The summed E-state index contributed by atoms with van der Waals surface area (Å²) in [6.07, 6.45) is 4.54. The monoisotopic (exact) mass is 397 g/mol. The number of nitrogens with zero attached hydrogens (tertiary/aromatic N) is 2. The van der Waals surface area contributed by atoms with Crippen molar-refractivity contribution in [1.82, 2.24) is 9.78 Å². The number of hydrogen-bond donors (Lipinski definition) is 2. The van der Waals surface area contributed by atoms with Crippen LogP contribution >= 0.6 is 11.6 Å². The normalized spacial score (nSPS) is 14.4. The van der Waals surface area contributed by atoms with E-state index in [9.17, 15) is 18.3 Å². The Kier molecular flexibility index (Phi) is 4.98. The van der Waals surface area contributed by atoms with E-state index >= 15 is 0 Å². The summed E-state index contributed by atoms with van der Waals surface area (Å²) in [5.74, 6) is -0.264. The molecule has 2 aromatic rings. The van der Waals surface area contributed by atoms with Crippen molar-refractivity contribution in [3.63, 3.8) is 0 Å². The van der Waals surface area contributed by atoms with Crippen LogP contribution in [0.5, 0.6) is 5.88 Å². The molecule has 9 heteroatoms. The number of halogens is 1. The Balaban J connectivity index is 2.05. The van der Waals surface area contributed by atoms with E-state index in [1.807, 2.05) is 0 Å². The summed E-state index contributed by atoms with van der Waals surface area (Å²) in [6.45, 7) is 2.79. The molecule has 7 nitrogen and oxygen atoms in total. The standard InChI is InChI=1S/C17H20ClN3O4S/c1-3-21-17(23)12(9-20-21)16(22)11-6-7-13(26(2,24)25)15(14(11)18)19-8-10-4-5-10/h6-7,9-10,19,23H,3-5,8H2,1-2H3. The molecule has 1 aromatic carbocycles. The highest BCUT2D eigenvalue weighted by atomic mass is 35.5. The zero-order chi connectivity index (χ0) is 19.1. The molecule has 1 aliphatic carbocycles. The third-order valence-corrected chi connectivity index (χ3v) is 5.90. The highest BCUT2D eigenvalue weighted by Gasteiger charge is 2.27. The summed E-state index contributed by atoms with van der Waals surface area (Å²) < 4.78 is 25.4. The molecular weight excluding hydrogens is 378 g/mol. The number of carbonyl (C=O) groups excluding carboxylic acids is 1. The van der Waals surface area contributed by atoms with Crippen molar-refractivity contribution in [2.75, 3.05) is 18.1 Å². The van der Waals surface area contributed by atoms with E-state index < -0.39 is 15.6 Å². The average molecular weight is 398 g/mol. The van der Waals surface area contributed by atoms with Gasteiger partial charge in [-0.25, -0.2) is 13.1 Å². The van der Waals surface area contributed by atoms with Gasteiger partial charge in [0.2, 0.25) is 11.7 Å². The molecule has 3 rings (SSSR count). The van der Waals surface area contributed by atoms with Crippen LogP contribution in [0.4, 0.5) is 5.69 Å². The minimum Gasteiger partial charge on any atom is -0.493 e. The van der Waals surface area contributed by atoms with Gasteiger partial charge in [0.25, 0.3) is 0 Å². The molecule has 0 radical (unpaired) electrons. The van der Waals surface area contributed by atoms with Crippen molar-refractivity contribution in [2.45, 2.75) is 31.2 Å². The Morgan fingerprint density at radius 3 is 2.62 bits per heavy atom. The van der Waals surface area contributed by atoms with E-state index in [4.69, 9.17) is 11.6 Å². The van der Waals surface area contributed by atoms with Crippen LogP contribution in [0.2, 0.25) is 5.02 Å². The van der Waals surface area contributed by atoms with Gasteiger partial charge in [-0.1, -0.05) is 11.6 Å². The van der Waals surface area contributed by atoms with Crippen molar-refractivity contribution < 1.29 is 18.3 Å². The van der Waals surface area contributed by atoms with Gasteiger partial charge in [-0.2, -0.15) is 5.10 Å². The smallest absolute Gasteiger partial charge is 0.220 e. The van der Waals surface area contributed by atoms with Gasteiger partial charge >= 0.3 is 0 Å². The van der Waals surface area contributed by atoms with Gasteiger partial charge < -0.3 is 10.4 Å². The van der Waals surface area contributed by atoms with E-state index in [2.05, 4.69) is 10.4 Å². The molecule has 1 saturated carbocycles. The van der Waals surface area contributed by atoms with Crippen LogP contribution in [-0.2, 0) is 16.4 Å². The van der Waals surface area contributed by atoms with Crippen LogP contribution in [0, 0.1) is 5.92 Å². The Bertz CT molecular complexity index is 965. The summed E-state index contributed by atoms with van der Waals surface area (Å²) >= 11 is 6.41. The van der Waals surface area contributed by atoms with Gasteiger partial charge in [-0.05, 0) is 37.8 Å². The van der Waals surface area contributed by atoms with Gasteiger partial charge in [-0.15, -0.1) is 0 Å². The molecule has 1 fully saturated rings. The van der Waals surface area contributed by atoms with Gasteiger partial charge in [-0.3, -0.25) is 4.79 Å². The molecular formula is C17H20ClN3O4S. The fourth-order valence-corrected chi connectivity index (χ4v) is 3.93. The zero-order valence-electron chi connectivity index (χ0n) is 14.5. The number of ketones is 1. The first-order chi connectivity index (χ1) is 12.2. The maximum absolute atomic E-state index is 12.8. The zero-order valence-corrected chi connectivity index (χ0v) is 16.1. The second-order valence-electron chi connectivity index (χ2n) is 6.42. The highest BCUT2D eigenvalue weighted by Crippen LogP contribution is 2.37. The van der Waals surface area contributed by atoms with E-state index in [1.165, 1.54) is 23.0 Å². The van der Waals surface area contributed by atoms with E-state index in [0.717, 1.165) is 19.1 Å². The van der Waals surface area contributed by atoms with Crippen LogP contribution in [0.1, 0.15) is 35.7 Å². The second-order valence-corrected chi connectivity index (χ2v) is 8.79. The lowest BCUT2D eigenvalue weighted by Gasteiger charge is -2.15. The third kappa shape index (κ3) is 3.57. The predicted molar refractivity (Wildman–Crippen MR) is 98.8 cm³/mol. The number of carbonyl (C=O) groups is 1. The SMILES string of the molecule is CCn1ncc(C(=O)c2ccc(S(C)(=O)=O)c(NCC3CC3)c2Cl)c1O. The number of rotatable bonds is 7. The number of benzene rings is 1. The summed E-state index contributed by atoms with van der Waals surface area (Å²) in [6, 6.07) is 2.73. The van der Waals surface area contributed by atoms with E-state index in [0.29, 0.717) is 19.0 Å². The predicted octanol–water partition coefficient (Wildman–Crippen LogP) is 2.72. The number of aromatic nitrogens is 2. The first-order valence-electron chi connectivity index (χ1n) is 8.30. The quantitative estimate of drug-likeness (QED) is 0.696. The molecule has 0 spiro atoms. The summed E-state index contributed by atoms with van der Waals surface area (Å²) in [7, 11) is -3.52. The van der Waals surface area contributed by atoms with E-state index in [-0.39, 0.29) is 32.6 Å². The number of anilines is 1. The fraction of sp³-hybridized carbons (Fsp3) is 0.412. The molecule has 0 bridgehead atoms. The number of aromatic hydroxyl groups is 1. The van der Waals surface area contributed by atoms with Crippen LogP contribution < -0.4 is 5.32 Å². The van der Waals surface area contributed by atoms with Crippen molar-refractivity contribution in [3.05, 3.63) is 34.5 Å². The molecule has 0 saturated heterocycles. The highest BCUT2D eigenvalue weighted by molar-refractivity contribution is 7.90. The lowest BCUT2D eigenvalue weighted by Crippen LogP contribution is -2.12. The maximum Gasteiger partial charge on any atom is 0.220 e. The summed E-state index contributed by atoms with van der Waals surface area (Å²) in [4.78, 5) is 12.9. The molecule has 1 aromatic heterocycles.